The molecule has 0 saturated carbocycles. The van der Waals surface area contributed by atoms with Gasteiger partial charge < -0.3 is 15.4 Å². The number of hydrogen-bond donors (Lipinski definition) is 2. The molecule has 0 fully saturated rings. The number of carbonyl (C=O) groups excluding carboxylic acids is 3. The van der Waals surface area contributed by atoms with Gasteiger partial charge in [0.2, 0.25) is 0 Å². The van der Waals surface area contributed by atoms with Crippen molar-refractivity contribution in [1.29, 1.82) is 0 Å². The van der Waals surface area contributed by atoms with E-state index in [9.17, 15) is 24.5 Å². The summed E-state index contributed by atoms with van der Waals surface area (Å²) in [5, 5.41) is 16.4. The number of aryl methyl sites for hydroxylation is 1. The Hall–Kier alpha value is -3.46. The normalized spacial score (nSPS) is 10.2. The summed E-state index contributed by atoms with van der Waals surface area (Å²) in [7, 11) is 0. The van der Waals surface area contributed by atoms with E-state index in [0.29, 0.717) is 16.1 Å². The molecule has 10 heteroatoms. The predicted octanol–water partition coefficient (Wildman–Crippen LogP) is 2.78. The van der Waals surface area contributed by atoms with E-state index in [1.54, 1.807) is 19.9 Å². The van der Waals surface area contributed by atoms with Crippen molar-refractivity contribution in [2.45, 2.75) is 13.8 Å². The van der Waals surface area contributed by atoms with Crippen molar-refractivity contribution in [3.05, 3.63) is 68.2 Å². The van der Waals surface area contributed by atoms with Gasteiger partial charge in [0.1, 0.15) is 12.2 Å². The molecular formula is C19H18ClN3O6. The van der Waals surface area contributed by atoms with E-state index in [4.69, 9.17) is 16.3 Å². The summed E-state index contributed by atoms with van der Waals surface area (Å²) in [6.45, 7) is 2.28. The number of nitro groups is 1. The first-order valence-electron chi connectivity index (χ1n) is 8.43. The van der Waals surface area contributed by atoms with Crippen molar-refractivity contribution in [1.82, 2.24) is 5.32 Å². The lowest BCUT2D eigenvalue weighted by molar-refractivity contribution is -0.384. The second-order valence-corrected chi connectivity index (χ2v) is 6.49. The van der Waals surface area contributed by atoms with Gasteiger partial charge in [0.15, 0.2) is 6.61 Å². The van der Waals surface area contributed by atoms with E-state index in [-0.39, 0.29) is 11.4 Å². The van der Waals surface area contributed by atoms with Crippen LogP contribution < -0.4 is 10.6 Å². The Kier molecular flexibility index (Phi) is 7.27. The van der Waals surface area contributed by atoms with E-state index >= 15 is 0 Å². The molecule has 29 heavy (non-hydrogen) atoms. The van der Waals surface area contributed by atoms with Gasteiger partial charge in [-0.15, -0.1) is 0 Å². The third-order valence-corrected chi connectivity index (χ3v) is 4.29. The molecule has 0 spiro atoms. The van der Waals surface area contributed by atoms with Crippen molar-refractivity contribution in [3.8, 4) is 0 Å². The minimum Gasteiger partial charge on any atom is -0.454 e. The summed E-state index contributed by atoms with van der Waals surface area (Å²) in [6.07, 6.45) is 0. The monoisotopic (exact) mass is 419 g/mol. The number of ether oxygens (including phenoxy) is 1. The third kappa shape index (κ3) is 6.01. The lowest BCUT2D eigenvalue weighted by Crippen LogP contribution is -2.32. The van der Waals surface area contributed by atoms with E-state index < -0.39 is 35.9 Å². The summed E-state index contributed by atoms with van der Waals surface area (Å²) in [5.41, 5.74) is 1.39. The molecule has 2 N–H and O–H groups in total. The van der Waals surface area contributed by atoms with Crippen molar-refractivity contribution in [3.63, 3.8) is 0 Å². The maximum atomic E-state index is 12.0. The van der Waals surface area contributed by atoms with Gasteiger partial charge in [-0.1, -0.05) is 17.7 Å². The fraction of sp³-hybridized carbons (Fsp3) is 0.211. The maximum Gasteiger partial charge on any atom is 0.325 e. The van der Waals surface area contributed by atoms with Gasteiger partial charge in [-0.25, -0.2) is 0 Å². The largest absolute Gasteiger partial charge is 0.454 e. The number of halogens is 1. The molecule has 2 rings (SSSR count). The average molecular weight is 420 g/mol. The molecule has 2 amide bonds. The van der Waals surface area contributed by atoms with Crippen LogP contribution in [0.2, 0.25) is 5.02 Å². The summed E-state index contributed by atoms with van der Waals surface area (Å²) < 4.78 is 4.80. The highest BCUT2D eigenvalue weighted by atomic mass is 35.5. The van der Waals surface area contributed by atoms with E-state index in [2.05, 4.69) is 10.6 Å². The van der Waals surface area contributed by atoms with Crippen LogP contribution in [-0.2, 0) is 14.3 Å². The minimum absolute atomic E-state index is 0.0482. The predicted molar refractivity (Wildman–Crippen MR) is 106 cm³/mol. The molecule has 0 aliphatic carbocycles. The number of hydrogen-bond acceptors (Lipinski definition) is 6. The standard InChI is InChI=1S/C19H18ClN3O6/c1-11-3-8-15(23(27)28)18(12(11)2)22-16(24)10-29-17(25)9-21-19(26)13-4-6-14(20)7-5-13/h3-8H,9-10H2,1-2H3,(H,21,26)(H,22,24). The van der Waals surface area contributed by atoms with Crippen LogP contribution in [0.5, 0.6) is 0 Å². The van der Waals surface area contributed by atoms with Crippen molar-refractivity contribution >= 4 is 40.8 Å². The van der Waals surface area contributed by atoms with Gasteiger partial charge in [-0.2, -0.15) is 0 Å². The molecule has 0 atom stereocenters. The maximum absolute atomic E-state index is 12.0. The van der Waals surface area contributed by atoms with Crippen molar-refractivity contribution in [2.24, 2.45) is 0 Å². The van der Waals surface area contributed by atoms with E-state index in [0.717, 1.165) is 5.56 Å². The van der Waals surface area contributed by atoms with Crippen LogP contribution in [0.25, 0.3) is 0 Å². The number of benzene rings is 2. The number of esters is 1. The van der Waals surface area contributed by atoms with Crippen LogP contribution in [0.15, 0.2) is 36.4 Å². The second-order valence-electron chi connectivity index (χ2n) is 6.06. The third-order valence-electron chi connectivity index (χ3n) is 4.04. The van der Waals surface area contributed by atoms with E-state index in [1.165, 1.54) is 30.3 Å². The molecule has 0 bridgehead atoms. The number of nitrogens with zero attached hydrogens (tertiary/aromatic N) is 1. The zero-order valence-electron chi connectivity index (χ0n) is 15.7. The summed E-state index contributed by atoms with van der Waals surface area (Å²) >= 11 is 5.74. The zero-order chi connectivity index (χ0) is 21.6. The SMILES string of the molecule is Cc1ccc([N+](=O)[O-])c(NC(=O)COC(=O)CNC(=O)c2ccc(Cl)cc2)c1C. The first-order chi connectivity index (χ1) is 13.7. The van der Waals surface area contributed by atoms with Gasteiger partial charge in [-0.3, -0.25) is 24.5 Å². The molecule has 0 saturated heterocycles. The highest BCUT2D eigenvalue weighted by molar-refractivity contribution is 6.30. The van der Waals surface area contributed by atoms with Gasteiger partial charge in [0.25, 0.3) is 17.5 Å². The molecule has 0 aromatic heterocycles. The van der Waals surface area contributed by atoms with Crippen molar-refractivity contribution < 1.29 is 24.0 Å². The van der Waals surface area contributed by atoms with Crippen LogP contribution in [-0.4, -0.2) is 35.9 Å². The number of carbonyl (C=O) groups is 3. The van der Waals surface area contributed by atoms with Gasteiger partial charge in [-0.05, 0) is 49.2 Å². The molecule has 0 radical (unpaired) electrons. The molecule has 2 aromatic carbocycles. The van der Waals surface area contributed by atoms with Crippen LogP contribution in [0.3, 0.4) is 0 Å². The number of anilines is 1. The molecule has 0 aliphatic heterocycles. The molecule has 152 valence electrons. The Labute approximate surface area is 171 Å². The molecule has 0 heterocycles. The topological polar surface area (TPSA) is 128 Å². The fourth-order valence-electron chi connectivity index (χ4n) is 2.34. The Balaban J connectivity index is 1.87. The molecule has 2 aromatic rings. The Bertz CT molecular complexity index is 959. The number of nitrogens with one attached hydrogen (secondary N) is 2. The van der Waals surface area contributed by atoms with Crippen LogP contribution in [0.1, 0.15) is 21.5 Å². The highest BCUT2D eigenvalue weighted by Crippen LogP contribution is 2.30. The quantitative estimate of drug-likeness (QED) is 0.403. The lowest BCUT2D eigenvalue weighted by Gasteiger charge is -2.11. The Morgan fingerprint density at radius 2 is 1.76 bits per heavy atom. The molecular weight excluding hydrogens is 402 g/mol. The zero-order valence-corrected chi connectivity index (χ0v) is 16.4. The van der Waals surface area contributed by atoms with Gasteiger partial charge >= 0.3 is 5.97 Å². The number of nitro benzene ring substituents is 1. The highest BCUT2D eigenvalue weighted by Gasteiger charge is 2.20. The molecule has 0 unspecified atom stereocenters. The minimum atomic E-state index is -0.835. The molecule has 0 aliphatic rings. The molecule has 9 nitrogen and oxygen atoms in total. The first kappa shape index (κ1) is 21.8. The smallest absolute Gasteiger partial charge is 0.325 e. The lowest BCUT2D eigenvalue weighted by atomic mass is 10.1. The Morgan fingerprint density at radius 3 is 2.38 bits per heavy atom. The van der Waals surface area contributed by atoms with Gasteiger partial charge in [0, 0.05) is 16.7 Å². The van der Waals surface area contributed by atoms with Crippen molar-refractivity contribution in [2.75, 3.05) is 18.5 Å². The first-order valence-corrected chi connectivity index (χ1v) is 8.80. The fourth-order valence-corrected chi connectivity index (χ4v) is 2.47. The second kappa shape index (κ2) is 9.65. The summed E-state index contributed by atoms with van der Waals surface area (Å²) in [5.74, 6) is -2.08. The van der Waals surface area contributed by atoms with Crippen LogP contribution in [0.4, 0.5) is 11.4 Å². The van der Waals surface area contributed by atoms with Gasteiger partial charge in [0.05, 0.1) is 4.92 Å². The summed E-state index contributed by atoms with van der Waals surface area (Å²) in [4.78, 5) is 46.2. The van der Waals surface area contributed by atoms with Crippen LogP contribution >= 0.6 is 11.6 Å². The number of amides is 2. The van der Waals surface area contributed by atoms with E-state index in [1.807, 2.05) is 0 Å². The number of rotatable bonds is 7. The Morgan fingerprint density at radius 1 is 1.10 bits per heavy atom. The summed E-state index contributed by atoms with van der Waals surface area (Å²) in [6, 6.07) is 8.92. The average Bonchev–Trinajstić information content (AvgIpc) is 2.68. The van der Waals surface area contributed by atoms with Crippen LogP contribution in [0, 0.1) is 24.0 Å².